The molecule has 0 aliphatic heterocycles. The van der Waals surface area contributed by atoms with E-state index in [9.17, 15) is 9.59 Å². The van der Waals surface area contributed by atoms with Crippen molar-refractivity contribution in [3.05, 3.63) is 34.0 Å². The molecule has 140 valence electrons. The number of anilines is 1. The van der Waals surface area contributed by atoms with Gasteiger partial charge in [-0.1, -0.05) is 19.3 Å². The highest BCUT2D eigenvalue weighted by Gasteiger charge is 2.24. The predicted octanol–water partition coefficient (Wildman–Crippen LogP) is 3.90. The fourth-order valence-corrected chi connectivity index (χ4v) is 4.37. The molecule has 0 atom stereocenters. The van der Waals surface area contributed by atoms with E-state index in [1.807, 2.05) is 20.8 Å². The van der Waals surface area contributed by atoms with E-state index in [0.717, 1.165) is 36.1 Å². The Labute approximate surface area is 158 Å². The van der Waals surface area contributed by atoms with Gasteiger partial charge in [-0.2, -0.15) is 5.10 Å². The first kappa shape index (κ1) is 18.6. The number of carbonyl (C=O) groups is 2. The summed E-state index contributed by atoms with van der Waals surface area (Å²) < 4.78 is 1.70. The number of aromatic nitrogens is 2. The van der Waals surface area contributed by atoms with Crippen molar-refractivity contribution in [1.82, 2.24) is 15.1 Å². The zero-order chi connectivity index (χ0) is 18.7. The van der Waals surface area contributed by atoms with Crippen LogP contribution in [0.15, 0.2) is 12.3 Å². The van der Waals surface area contributed by atoms with Crippen LogP contribution in [-0.4, -0.2) is 27.6 Å². The maximum absolute atomic E-state index is 12.9. The third-order valence-electron chi connectivity index (χ3n) is 4.98. The van der Waals surface area contributed by atoms with E-state index in [2.05, 4.69) is 15.7 Å². The second-order valence-electron chi connectivity index (χ2n) is 6.81. The topological polar surface area (TPSA) is 76.0 Å². The lowest BCUT2D eigenvalue weighted by Gasteiger charge is -2.23. The molecule has 6 nitrogen and oxygen atoms in total. The molecular weight excluding hydrogens is 348 g/mol. The van der Waals surface area contributed by atoms with Crippen LogP contribution in [0.2, 0.25) is 0 Å². The van der Waals surface area contributed by atoms with Gasteiger partial charge in [0.25, 0.3) is 11.8 Å². The Morgan fingerprint density at radius 2 is 1.96 bits per heavy atom. The lowest BCUT2D eigenvalue weighted by Crippen LogP contribution is -2.36. The maximum atomic E-state index is 12.9. The van der Waals surface area contributed by atoms with Gasteiger partial charge in [0.15, 0.2) is 5.69 Å². The van der Waals surface area contributed by atoms with E-state index in [0.29, 0.717) is 22.8 Å². The van der Waals surface area contributed by atoms with Crippen LogP contribution in [0.25, 0.3) is 0 Å². The van der Waals surface area contributed by atoms with E-state index < -0.39 is 0 Å². The Bertz CT molecular complexity index is 803. The molecule has 0 unspecified atom stereocenters. The first-order chi connectivity index (χ1) is 12.5. The quantitative estimate of drug-likeness (QED) is 0.833. The summed E-state index contributed by atoms with van der Waals surface area (Å²) in [6.07, 6.45) is 7.41. The van der Waals surface area contributed by atoms with Gasteiger partial charge in [-0.05, 0) is 45.2 Å². The van der Waals surface area contributed by atoms with E-state index in [1.54, 1.807) is 16.9 Å². The number of hydrogen-bond acceptors (Lipinski definition) is 4. The molecule has 26 heavy (non-hydrogen) atoms. The van der Waals surface area contributed by atoms with Gasteiger partial charge in [0.1, 0.15) is 5.00 Å². The number of nitrogens with zero attached hydrogens (tertiary/aromatic N) is 2. The molecular formula is C19H26N4O2S. The summed E-state index contributed by atoms with van der Waals surface area (Å²) in [7, 11) is 0. The van der Waals surface area contributed by atoms with Crippen LogP contribution in [-0.2, 0) is 6.54 Å². The van der Waals surface area contributed by atoms with Crippen molar-refractivity contribution < 1.29 is 9.59 Å². The Hall–Kier alpha value is -2.15. The molecule has 7 heteroatoms. The van der Waals surface area contributed by atoms with Crippen LogP contribution >= 0.6 is 11.3 Å². The van der Waals surface area contributed by atoms with Crippen LogP contribution in [0, 0.1) is 13.8 Å². The summed E-state index contributed by atoms with van der Waals surface area (Å²) in [6.45, 7) is 6.58. The summed E-state index contributed by atoms with van der Waals surface area (Å²) in [5.74, 6) is -0.377. The van der Waals surface area contributed by atoms with Crippen LogP contribution in [0.1, 0.15) is 70.3 Å². The lowest BCUT2D eigenvalue weighted by atomic mass is 9.95. The van der Waals surface area contributed by atoms with Crippen molar-refractivity contribution in [2.75, 3.05) is 5.32 Å². The maximum Gasteiger partial charge on any atom is 0.276 e. The van der Waals surface area contributed by atoms with Gasteiger partial charge >= 0.3 is 0 Å². The third-order valence-corrected chi connectivity index (χ3v) is 6.10. The van der Waals surface area contributed by atoms with Gasteiger partial charge in [0.2, 0.25) is 0 Å². The zero-order valence-corrected chi connectivity index (χ0v) is 16.4. The average molecular weight is 375 g/mol. The second-order valence-corrected chi connectivity index (χ2v) is 8.03. The van der Waals surface area contributed by atoms with Crippen LogP contribution in [0.3, 0.4) is 0 Å². The van der Waals surface area contributed by atoms with Gasteiger partial charge < -0.3 is 10.6 Å². The molecule has 3 rings (SSSR count). The summed E-state index contributed by atoms with van der Waals surface area (Å²) in [5, 5.41) is 10.9. The molecule has 2 amide bonds. The first-order valence-corrected chi connectivity index (χ1v) is 10.1. The van der Waals surface area contributed by atoms with Crippen molar-refractivity contribution in [2.45, 2.75) is 65.5 Å². The van der Waals surface area contributed by atoms with Crippen molar-refractivity contribution in [1.29, 1.82) is 0 Å². The molecule has 1 saturated carbocycles. The van der Waals surface area contributed by atoms with Gasteiger partial charge in [-0.15, -0.1) is 11.3 Å². The molecule has 0 radical (unpaired) electrons. The van der Waals surface area contributed by atoms with E-state index in [4.69, 9.17) is 0 Å². The first-order valence-electron chi connectivity index (χ1n) is 9.25. The number of amides is 2. The van der Waals surface area contributed by atoms with E-state index >= 15 is 0 Å². The van der Waals surface area contributed by atoms with E-state index in [-0.39, 0.29) is 17.9 Å². The molecule has 2 heterocycles. The number of hydrogen-bond donors (Lipinski definition) is 2. The molecule has 2 N–H and O–H groups in total. The molecule has 2 aromatic rings. The molecule has 0 aromatic carbocycles. The van der Waals surface area contributed by atoms with Crippen LogP contribution < -0.4 is 10.6 Å². The number of nitrogens with one attached hydrogen (secondary N) is 2. The number of thiophene rings is 1. The monoisotopic (exact) mass is 374 g/mol. The van der Waals surface area contributed by atoms with Gasteiger partial charge in [0, 0.05) is 23.7 Å². The normalized spacial score (nSPS) is 15.0. The summed E-state index contributed by atoms with van der Waals surface area (Å²) in [6, 6.07) is 1.92. The minimum Gasteiger partial charge on any atom is -0.349 e. The van der Waals surface area contributed by atoms with Crippen molar-refractivity contribution in [3.8, 4) is 0 Å². The van der Waals surface area contributed by atoms with Crippen molar-refractivity contribution in [3.63, 3.8) is 0 Å². The summed E-state index contributed by atoms with van der Waals surface area (Å²) in [4.78, 5) is 26.4. The Morgan fingerprint density at radius 3 is 2.62 bits per heavy atom. The minimum absolute atomic E-state index is 0.0897. The second kappa shape index (κ2) is 8.03. The zero-order valence-electron chi connectivity index (χ0n) is 15.6. The third kappa shape index (κ3) is 3.98. The molecule has 0 bridgehead atoms. The molecule has 1 fully saturated rings. The highest BCUT2D eigenvalue weighted by Crippen LogP contribution is 2.33. The van der Waals surface area contributed by atoms with Crippen LogP contribution in [0.5, 0.6) is 0 Å². The summed E-state index contributed by atoms with van der Waals surface area (Å²) in [5.41, 5.74) is 1.87. The highest BCUT2D eigenvalue weighted by atomic mass is 32.1. The largest absolute Gasteiger partial charge is 0.349 e. The lowest BCUT2D eigenvalue weighted by molar-refractivity contribution is 0.0928. The standard InChI is InChI=1S/C19H26N4O2S/c1-4-23-11-10-15(22-23)17(24)21-19-16(12(2)13(3)26-19)18(25)20-14-8-6-5-7-9-14/h10-11,14H,4-9H2,1-3H3,(H,20,25)(H,21,24). The smallest absolute Gasteiger partial charge is 0.276 e. The molecule has 1 aliphatic carbocycles. The Kier molecular flexibility index (Phi) is 5.76. The fourth-order valence-electron chi connectivity index (χ4n) is 3.32. The number of rotatable bonds is 5. The van der Waals surface area contributed by atoms with Crippen molar-refractivity contribution in [2.24, 2.45) is 0 Å². The van der Waals surface area contributed by atoms with E-state index in [1.165, 1.54) is 17.8 Å². The van der Waals surface area contributed by atoms with Gasteiger partial charge in [0.05, 0.1) is 5.56 Å². The Balaban J connectivity index is 1.77. The van der Waals surface area contributed by atoms with Crippen LogP contribution in [0.4, 0.5) is 5.00 Å². The molecule has 0 spiro atoms. The van der Waals surface area contributed by atoms with Gasteiger partial charge in [-0.3, -0.25) is 14.3 Å². The Morgan fingerprint density at radius 1 is 1.23 bits per heavy atom. The summed E-state index contributed by atoms with van der Waals surface area (Å²) >= 11 is 1.44. The minimum atomic E-state index is -0.287. The number of carbonyl (C=O) groups excluding carboxylic acids is 2. The molecule has 2 aromatic heterocycles. The average Bonchev–Trinajstić information content (AvgIpc) is 3.21. The highest BCUT2D eigenvalue weighted by molar-refractivity contribution is 7.16. The predicted molar refractivity (Wildman–Crippen MR) is 104 cm³/mol. The molecule has 1 aliphatic rings. The molecule has 0 saturated heterocycles. The van der Waals surface area contributed by atoms with Crippen molar-refractivity contribution >= 4 is 28.2 Å². The SMILES string of the molecule is CCn1ccc(C(=O)Nc2sc(C)c(C)c2C(=O)NC2CCCCC2)n1. The van der Waals surface area contributed by atoms with Gasteiger partial charge in [-0.25, -0.2) is 0 Å². The number of aryl methyl sites for hydroxylation is 2. The fraction of sp³-hybridized carbons (Fsp3) is 0.526.